The van der Waals surface area contributed by atoms with E-state index in [1.54, 1.807) is 30.0 Å². The Hall–Kier alpha value is -2.98. The minimum absolute atomic E-state index is 0.0447. The second-order valence-electron chi connectivity index (χ2n) is 10.2. The lowest BCUT2D eigenvalue weighted by molar-refractivity contribution is 0.0210. The van der Waals surface area contributed by atoms with Crippen molar-refractivity contribution in [1.82, 2.24) is 4.90 Å². The fourth-order valence-corrected chi connectivity index (χ4v) is 5.44. The number of hydrogen-bond acceptors (Lipinski definition) is 7. The maximum atomic E-state index is 13.4. The predicted molar refractivity (Wildman–Crippen MR) is 149 cm³/mol. The van der Waals surface area contributed by atoms with E-state index < -0.39 is 21.3 Å². The van der Waals surface area contributed by atoms with Crippen molar-refractivity contribution < 1.29 is 27.5 Å². The Morgan fingerprint density at radius 2 is 1.79 bits per heavy atom. The summed E-state index contributed by atoms with van der Waals surface area (Å²) in [6.07, 6.45) is 1.15. The van der Waals surface area contributed by atoms with Gasteiger partial charge in [-0.25, -0.2) is 13.2 Å². The second-order valence-corrected chi connectivity index (χ2v) is 12.9. The number of piperidine rings is 1. The van der Waals surface area contributed by atoms with E-state index in [9.17, 15) is 18.0 Å². The van der Waals surface area contributed by atoms with E-state index in [1.807, 2.05) is 20.8 Å². The molecule has 3 rings (SSSR count). The Morgan fingerprint density at radius 3 is 2.37 bits per heavy atom. The molecule has 0 bridgehead atoms. The normalized spacial score (nSPS) is 14.7. The zero-order valence-corrected chi connectivity index (χ0v) is 24.3. The number of methoxy groups -OCH3 is 1. The second kappa shape index (κ2) is 11.8. The first kappa shape index (κ1) is 29.6. The SMILES string of the molecule is CCS(=O)(=O)c1ccc(Cl)cc1N(C)C(=O)c1ccc(NC2CCN(C(=O)OC(C)(C)C)CC2)c(OC)c1. The number of likely N-dealkylation sites (tertiary alicyclic amines) is 1. The molecule has 0 aromatic heterocycles. The summed E-state index contributed by atoms with van der Waals surface area (Å²) in [5.41, 5.74) is 0.724. The third-order valence-corrected chi connectivity index (χ3v) is 8.27. The van der Waals surface area contributed by atoms with Crippen molar-refractivity contribution in [1.29, 1.82) is 0 Å². The molecule has 0 atom stereocenters. The molecule has 0 unspecified atom stereocenters. The molecule has 1 aliphatic rings. The van der Waals surface area contributed by atoms with Gasteiger partial charge in [-0.3, -0.25) is 4.79 Å². The summed E-state index contributed by atoms with van der Waals surface area (Å²) in [5, 5.41) is 3.78. The molecule has 9 nitrogen and oxygen atoms in total. The van der Waals surface area contributed by atoms with Crippen LogP contribution in [0.5, 0.6) is 5.75 Å². The number of amides is 2. The van der Waals surface area contributed by atoms with Crippen molar-refractivity contribution in [2.24, 2.45) is 0 Å². The summed E-state index contributed by atoms with van der Waals surface area (Å²) in [6, 6.07) is 9.55. The molecule has 1 saturated heterocycles. The summed E-state index contributed by atoms with van der Waals surface area (Å²) in [5.74, 6) is -0.0316. The number of ether oxygens (including phenoxy) is 2. The van der Waals surface area contributed by atoms with Crippen LogP contribution in [-0.2, 0) is 14.6 Å². The van der Waals surface area contributed by atoms with Gasteiger partial charge < -0.3 is 24.6 Å². The molecule has 1 fully saturated rings. The molecule has 208 valence electrons. The van der Waals surface area contributed by atoms with Crippen molar-refractivity contribution in [2.75, 3.05) is 43.2 Å². The van der Waals surface area contributed by atoms with Gasteiger partial charge >= 0.3 is 6.09 Å². The number of carbonyl (C=O) groups excluding carboxylic acids is 2. The Kier molecular flexibility index (Phi) is 9.20. The fraction of sp³-hybridized carbons (Fsp3) is 0.481. The number of benzene rings is 2. The molecule has 11 heteroatoms. The zero-order chi connectivity index (χ0) is 28.3. The van der Waals surface area contributed by atoms with E-state index in [4.69, 9.17) is 21.1 Å². The highest BCUT2D eigenvalue weighted by Crippen LogP contribution is 2.32. The molecule has 0 spiro atoms. The summed E-state index contributed by atoms with van der Waals surface area (Å²) < 4.78 is 36.2. The number of sulfone groups is 1. The molecule has 1 N–H and O–H groups in total. The van der Waals surface area contributed by atoms with Gasteiger partial charge in [0, 0.05) is 36.8 Å². The fourth-order valence-electron chi connectivity index (χ4n) is 4.17. The van der Waals surface area contributed by atoms with Gasteiger partial charge in [0.25, 0.3) is 5.91 Å². The minimum atomic E-state index is -3.58. The van der Waals surface area contributed by atoms with Crippen LogP contribution < -0.4 is 15.0 Å². The molecule has 0 radical (unpaired) electrons. The van der Waals surface area contributed by atoms with Gasteiger partial charge in [0.1, 0.15) is 11.4 Å². The number of anilines is 2. The Balaban J connectivity index is 1.74. The molecular weight excluding hydrogens is 530 g/mol. The first-order valence-electron chi connectivity index (χ1n) is 12.5. The van der Waals surface area contributed by atoms with Gasteiger partial charge in [0.15, 0.2) is 9.84 Å². The lowest BCUT2D eigenvalue weighted by atomic mass is 10.0. The van der Waals surface area contributed by atoms with Crippen LogP contribution >= 0.6 is 11.6 Å². The zero-order valence-electron chi connectivity index (χ0n) is 22.7. The van der Waals surface area contributed by atoms with Crippen LogP contribution in [0, 0.1) is 0 Å². The summed E-state index contributed by atoms with van der Waals surface area (Å²) >= 11 is 6.13. The number of hydrogen-bond donors (Lipinski definition) is 1. The summed E-state index contributed by atoms with van der Waals surface area (Å²) in [6.45, 7) is 8.22. The van der Waals surface area contributed by atoms with E-state index in [-0.39, 0.29) is 28.5 Å². The van der Waals surface area contributed by atoms with Crippen LogP contribution in [0.15, 0.2) is 41.3 Å². The number of nitrogens with zero attached hydrogens (tertiary/aromatic N) is 2. The number of carbonyl (C=O) groups is 2. The van der Waals surface area contributed by atoms with E-state index in [2.05, 4.69) is 5.32 Å². The highest BCUT2D eigenvalue weighted by molar-refractivity contribution is 7.91. The highest BCUT2D eigenvalue weighted by atomic mass is 35.5. The monoisotopic (exact) mass is 565 g/mol. The van der Waals surface area contributed by atoms with Crippen LogP contribution in [0.2, 0.25) is 5.02 Å². The van der Waals surface area contributed by atoms with E-state index >= 15 is 0 Å². The van der Waals surface area contributed by atoms with E-state index in [0.717, 1.165) is 18.5 Å². The average Bonchev–Trinajstić information content (AvgIpc) is 2.87. The molecule has 2 aromatic rings. The largest absolute Gasteiger partial charge is 0.495 e. The van der Waals surface area contributed by atoms with Gasteiger partial charge in [0.05, 0.1) is 29.1 Å². The van der Waals surface area contributed by atoms with Crippen LogP contribution in [0.4, 0.5) is 16.2 Å². The lowest BCUT2D eigenvalue weighted by Gasteiger charge is -2.34. The molecule has 38 heavy (non-hydrogen) atoms. The van der Waals surface area contributed by atoms with E-state index in [0.29, 0.717) is 29.4 Å². The van der Waals surface area contributed by atoms with E-state index in [1.165, 1.54) is 37.3 Å². The first-order chi connectivity index (χ1) is 17.8. The summed E-state index contributed by atoms with van der Waals surface area (Å²) in [7, 11) is -0.546. The molecule has 0 aliphatic carbocycles. The molecule has 2 aromatic carbocycles. The Morgan fingerprint density at radius 1 is 1.13 bits per heavy atom. The van der Waals surface area contributed by atoms with Gasteiger partial charge in [0.2, 0.25) is 0 Å². The first-order valence-corrected chi connectivity index (χ1v) is 14.5. The third kappa shape index (κ3) is 7.11. The molecular formula is C27H36ClN3O6S. The molecule has 1 heterocycles. The molecule has 1 aliphatic heterocycles. The highest BCUT2D eigenvalue weighted by Gasteiger charge is 2.28. The van der Waals surface area contributed by atoms with Crippen LogP contribution in [0.3, 0.4) is 0 Å². The quantitative estimate of drug-likeness (QED) is 0.490. The van der Waals surface area contributed by atoms with Crippen molar-refractivity contribution in [3.63, 3.8) is 0 Å². The topological polar surface area (TPSA) is 105 Å². The standard InChI is InChI=1S/C27H36ClN3O6S/c1-7-38(34,35)24-11-9-19(28)17-22(24)30(5)25(32)18-8-10-21(23(16-18)36-6)29-20-12-14-31(15-13-20)26(33)37-27(2,3)4/h8-11,16-17,20,29H,7,12-15H2,1-6H3. The third-order valence-electron chi connectivity index (χ3n) is 6.26. The number of rotatable bonds is 7. The maximum absolute atomic E-state index is 13.4. The molecule has 0 saturated carbocycles. The van der Waals surface area contributed by atoms with Crippen molar-refractivity contribution >= 4 is 44.8 Å². The van der Waals surface area contributed by atoms with Crippen LogP contribution in [0.25, 0.3) is 0 Å². The van der Waals surface area contributed by atoms with Crippen molar-refractivity contribution in [3.8, 4) is 5.75 Å². The van der Waals surface area contributed by atoms with Gasteiger partial charge in [-0.15, -0.1) is 0 Å². The number of halogens is 1. The Bertz CT molecular complexity index is 1280. The smallest absolute Gasteiger partial charge is 0.410 e. The maximum Gasteiger partial charge on any atom is 0.410 e. The Labute approximate surface area is 230 Å². The van der Waals surface area contributed by atoms with Crippen molar-refractivity contribution in [3.05, 3.63) is 47.0 Å². The lowest BCUT2D eigenvalue weighted by Crippen LogP contribution is -2.44. The predicted octanol–water partition coefficient (Wildman–Crippen LogP) is 5.23. The molecule has 2 amide bonds. The van der Waals surface area contributed by atoms with Gasteiger partial charge in [-0.1, -0.05) is 18.5 Å². The average molecular weight is 566 g/mol. The summed E-state index contributed by atoms with van der Waals surface area (Å²) in [4.78, 5) is 28.7. The van der Waals surface area contributed by atoms with Gasteiger partial charge in [-0.2, -0.15) is 0 Å². The van der Waals surface area contributed by atoms with Crippen LogP contribution in [-0.4, -0.2) is 70.0 Å². The van der Waals surface area contributed by atoms with Crippen LogP contribution in [0.1, 0.15) is 50.9 Å². The van der Waals surface area contributed by atoms with Gasteiger partial charge in [-0.05, 0) is 70.0 Å². The van der Waals surface area contributed by atoms with Crippen molar-refractivity contribution in [2.45, 2.75) is 57.1 Å². The number of nitrogens with one attached hydrogen (secondary N) is 1. The minimum Gasteiger partial charge on any atom is -0.495 e.